The number of hydrogen-bond donors (Lipinski definition) is 3. The fraction of sp³-hybridized carbons (Fsp3) is 0.333. The normalized spacial score (nSPS) is 13.7. The van der Waals surface area contributed by atoms with E-state index in [1.54, 1.807) is 0 Å². The zero-order chi connectivity index (χ0) is 11.3. The molecule has 3 N–H and O–H groups in total. The first-order valence-corrected chi connectivity index (χ1v) is 5.79. The van der Waals surface area contributed by atoms with Gasteiger partial charge in [-0.2, -0.15) is 0 Å². The molecule has 15 heavy (non-hydrogen) atoms. The van der Waals surface area contributed by atoms with Crippen molar-refractivity contribution < 1.29 is 18.6 Å². The van der Waals surface area contributed by atoms with E-state index in [9.17, 15) is 8.42 Å². The fourth-order valence-electron chi connectivity index (χ4n) is 0.905. The quantitative estimate of drug-likeness (QED) is 0.613. The third kappa shape index (κ3) is 3.60. The molecule has 83 valence electrons. The van der Waals surface area contributed by atoms with Gasteiger partial charge in [0.2, 0.25) is 10.0 Å². The first-order valence-electron chi connectivity index (χ1n) is 4.31. The van der Waals surface area contributed by atoms with E-state index in [1.807, 2.05) is 0 Å². The van der Waals surface area contributed by atoms with Gasteiger partial charge in [-0.25, -0.2) is 13.1 Å². The molecule has 1 radical (unpaired) electrons. The first-order chi connectivity index (χ1) is 7.06. The summed E-state index contributed by atoms with van der Waals surface area (Å²) in [6.07, 6.45) is -1.09. The van der Waals surface area contributed by atoms with Crippen molar-refractivity contribution in [2.24, 2.45) is 0 Å². The Hall–Kier alpha value is -0.950. The van der Waals surface area contributed by atoms with Crippen molar-refractivity contribution in [3.63, 3.8) is 0 Å². The number of aliphatic hydroxyl groups is 2. The Labute approximate surface area is 88.4 Å². The van der Waals surface area contributed by atoms with E-state index in [0.29, 0.717) is 0 Å². The Morgan fingerprint density at radius 3 is 2.53 bits per heavy atom. The second-order valence-electron chi connectivity index (χ2n) is 2.92. The van der Waals surface area contributed by atoms with Crippen molar-refractivity contribution in [2.75, 3.05) is 13.2 Å². The summed E-state index contributed by atoms with van der Waals surface area (Å²) in [5.41, 5.74) is 0. The van der Waals surface area contributed by atoms with Gasteiger partial charge in [-0.1, -0.05) is 12.1 Å². The summed E-state index contributed by atoms with van der Waals surface area (Å²) in [7, 11) is -3.61. The molecule has 1 aromatic rings. The smallest absolute Gasteiger partial charge is 0.240 e. The van der Waals surface area contributed by atoms with Crippen LogP contribution in [-0.2, 0) is 10.0 Å². The predicted octanol–water partition coefficient (Wildman–Crippen LogP) is -0.882. The van der Waals surface area contributed by atoms with Crippen LogP contribution in [0.4, 0.5) is 0 Å². The summed E-state index contributed by atoms with van der Waals surface area (Å²) < 4.78 is 25.2. The highest BCUT2D eigenvalue weighted by atomic mass is 32.2. The second kappa shape index (κ2) is 5.22. The molecule has 0 saturated heterocycles. The summed E-state index contributed by atoms with van der Waals surface area (Å²) in [5.74, 6) is 0. The van der Waals surface area contributed by atoms with Crippen LogP contribution in [0, 0.1) is 6.07 Å². The van der Waals surface area contributed by atoms with Gasteiger partial charge >= 0.3 is 0 Å². The monoisotopic (exact) mass is 230 g/mol. The van der Waals surface area contributed by atoms with Crippen molar-refractivity contribution in [1.82, 2.24) is 4.72 Å². The Morgan fingerprint density at radius 1 is 1.40 bits per heavy atom. The highest BCUT2D eigenvalue weighted by molar-refractivity contribution is 7.89. The molecule has 1 aromatic carbocycles. The molecule has 0 saturated carbocycles. The highest BCUT2D eigenvalue weighted by Gasteiger charge is 2.14. The maximum absolute atomic E-state index is 11.5. The molecule has 1 unspecified atom stereocenters. The molecule has 0 aromatic heterocycles. The lowest BCUT2D eigenvalue weighted by molar-refractivity contribution is 0.0988. The lowest BCUT2D eigenvalue weighted by Gasteiger charge is -2.09. The van der Waals surface area contributed by atoms with Crippen molar-refractivity contribution in [3.05, 3.63) is 30.3 Å². The van der Waals surface area contributed by atoms with Crippen LogP contribution in [0.3, 0.4) is 0 Å². The van der Waals surface area contributed by atoms with E-state index in [2.05, 4.69) is 10.8 Å². The number of hydrogen-bond acceptors (Lipinski definition) is 4. The molecule has 0 heterocycles. The number of nitrogens with one attached hydrogen (secondary N) is 1. The van der Waals surface area contributed by atoms with Crippen LogP contribution in [0.2, 0.25) is 0 Å². The molecule has 5 nitrogen and oxygen atoms in total. The largest absolute Gasteiger partial charge is 0.394 e. The van der Waals surface area contributed by atoms with Crippen LogP contribution < -0.4 is 4.72 Å². The minimum absolute atomic E-state index is 0.103. The molecular weight excluding hydrogens is 218 g/mol. The number of benzene rings is 1. The van der Waals surface area contributed by atoms with Gasteiger partial charge in [0.25, 0.3) is 0 Å². The number of sulfonamides is 1. The summed E-state index contributed by atoms with van der Waals surface area (Å²) in [6.45, 7) is -0.692. The van der Waals surface area contributed by atoms with E-state index in [-0.39, 0.29) is 11.4 Å². The van der Waals surface area contributed by atoms with Crippen LogP contribution in [0.1, 0.15) is 0 Å². The molecule has 0 aliphatic heterocycles. The van der Waals surface area contributed by atoms with Gasteiger partial charge in [0, 0.05) is 6.54 Å². The Balaban J connectivity index is 2.69. The molecule has 0 amide bonds. The average Bonchev–Trinajstić information content (AvgIpc) is 2.27. The molecule has 0 aliphatic carbocycles. The molecule has 0 bridgehead atoms. The molecule has 0 fully saturated rings. The zero-order valence-electron chi connectivity index (χ0n) is 7.92. The van der Waals surface area contributed by atoms with Crippen LogP contribution in [-0.4, -0.2) is 37.9 Å². The van der Waals surface area contributed by atoms with Gasteiger partial charge in [0.05, 0.1) is 17.6 Å². The fourth-order valence-corrected chi connectivity index (χ4v) is 1.98. The van der Waals surface area contributed by atoms with Crippen LogP contribution in [0.25, 0.3) is 0 Å². The van der Waals surface area contributed by atoms with E-state index in [0.717, 1.165) is 0 Å². The van der Waals surface area contributed by atoms with Crippen molar-refractivity contribution in [2.45, 2.75) is 11.0 Å². The van der Waals surface area contributed by atoms with Crippen LogP contribution in [0.15, 0.2) is 29.2 Å². The average molecular weight is 230 g/mol. The Bertz CT molecular complexity index is 390. The maximum atomic E-state index is 11.5. The van der Waals surface area contributed by atoms with Gasteiger partial charge in [0.15, 0.2) is 0 Å². The van der Waals surface area contributed by atoms with Gasteiger partial charge in [-0.15, -0.1) is 0 Å². The Morgan fingerprint density at radius 2 is 2.00 bits per heavy atom. The molecular formula is C9H12NO4S. The van der Waals surface area contributed by atoms with Crippen molar-refractivity contribution >= 4 is 10.0 Å². The molecule has 1 atom stereocenters. The summed E-state index contributed by atoms with van der Waals surface area (Å²) in [5, 5.41) is 17.5. The molecule has 6 heteroatoms. The predicted molar refractivity (Wildman–Crippen MR) is 53.6 cm³/mol. The SMILES string of the molecule is O=S(=O)(NCC(O)CO)c1cc[c]cc1. The van der Waals surface area contributed by atoms with E-state index in [4.69, 9.17) is 10.2 Å². The third-order valence-corrected chi connectivity index (χ3v) is 3.16. The van der Waals surface area contributed by atoms with E-state index >= 15 is 0 Å². The van der Waals surface area contributed by atoms with Crippen LogP contribution in [0.5, 0.6) is 0 Å². The van der Waals surface area contributed by atoms with Gasteiger partial charge in [-0.05, 0) is 18.2 Å². The minimum Gasteiger partial charge on any atom is -0.394 e. The zero-order valence-corrected chi connectivity index (χ0v) is 8.74. The van der Waals surface area contributed by atoms with Gasteiger partial charge in [-0.3, -0.25) is 0 Å². The summed E-state index contributed by atoms with van der Waals surface area (Å²) >= 11 is 0. The molecule has 0 aliphatic rings. The third-order valence-electron chi connectivity index (χ3n) is 1.72. The van der Waals surface area contributed by atoms with Crippen LogP contribution >= 0.6 is 0 Å². The highest BCUT2D eigenvalue weighted by Crippen LogP contribution is 2.06. The lowest BCUT2D eigenvalue weighted by Crippen LogP contribution is -2.33. The standard InChI is InChI=1S/C9H12NO4S/c11-7-8(12)6-10-15(13,14)9-4-2-1-3-5-9/h2-5,8,10-12H,6-7H2. The molecule has 0 spiro atoms. The minimum atomic E-state index is -3.61. The van der Waals surface area contributed by atoms with Crippen molar-refractivity contribution in [3.8, 4) is 0 Å². The molecule has 1 rings (SSSR count). The van der Waals surface area contributed by atoms with E-state index < -0.39 is 22.7 Å². The maximum Gasteiger partial charge on any atom is 0.240 e. The summed E-state index contributed by atoms with van der Waals surface area (Å²) in [6, 6.07) is 8.46. The summed E-state index contributed by atoms with van der Waals surface area (Å²) in [4.78, 5) is 0.103. The first kappa shape index (κ1) is 12.1. The second-order valence-corrected chi connectivity index (χ2v) is 4.69. The number of rotatable bonds is 5. The number of aliphatic hydroxyl groups excluding tert-OH is 2. The Kier molecular flexibility index (Phi) is 4.22. The van der Waals surface area contributed by atoms with Gasteiger partial charge in [0.1, 0.15) is 0 Å². The van der Waals surface area contributed by atoms with E-state index in [1.165, 1.54) is 24.3 Å². The lowest BCUT2D eigenvalue weighted by atomic mass is 10.4. The van der Waals surface area contributed by atoms with Gasteiger partial charge < -0.3 is 10.2 Å². The topological polar surface area (TPSA) is 86.6 Å². The van der Waals surface area contributed by atoms with Crippen molar-refractivity contribution in [1.29, 1.82) is 0 Å².